The third kappa shape index (κ3) is 5.35. The van der Waals surface area contributed by atoms with Crippen molar-refractivity contribution >= 4 is 49.9 Å². The molecule has 1 aliphatic heterocycles. The number of aromatic nitrogens is 3. The third-order valence-corrected chi connectivity index (χ3v) is 7.15. The van der Waals surface area contributed by atoms with Crippen LogP contribution in [-0.2, 0) is 26.1 Å². The van der Waals surface area contributed by atoms with Crippen molar-refractivity contribution in [2.24, 2.45) is 0 Å². The molecule has 1 aliphatic rings. The first-order valence-corrected chi connectivity index (χ1v) is 13.1. The van der Waals surface area contributed by atoms with Crippen molar-refractivity contribution in [3.05, 3.63) is 40.8 Å². The van der Waals surface area contributed by atoms with Crippen molar-refractivity contribution in [2.45, 2.75) is 38.5 Å². The van der Waals surface area contributed by atoms with Crippen molar-refractivity contribution < 1.29 is 26.7 Å². The summed E-state index contributed by atoms with van der Waals surface area (Å²) in [6, 6.07) is 6.59. The van der Waals surface area contributed by atoms with Gasteiger partial charge in [0.15, 0.2) is 11.5 Å². The van der Waals surface area contributed by atoms with E-state index in [1.165, 1.54) is 24.8 Å². The van der Waals surface area contributed by atoms with Crippen LogP contribution in [0.1, 0.15) is 43.3 Å². The highest BCUT2D eigenvalue weighted by atomic mass is 35.5. The minimum atomic E-state index is -3.60. The Morgan fingerprint density at radius 3 is 2.69 bits per heavy atom. The van der Waals surface area contributed by atoms with Gasteiger partial charge in [-0.1, -0.05) is 17.7 Å². The largest absolute Gasteiger partial charge is 0.380 e. The van der Waals surface area contributed by atoms with Gasteiger partial charge in [0, 0.05) is 26.8 Å². The Balaban J connectivity index is 1.86. The summed E-state index contributed by atoms with van der Waals surface area (Å²) in [5, 5.41) is 3.19. The van der Waals surface area contributed by atoms with E-state index in [9.17, 15) is 17.2 Å². The average molecular weight is 530 g/mol. The molecule has 190 valence electrons. The van der Waals surface area contributed by atoms with Gasteiger partial charge in [-0.2, -0.15) is 0 Å². The molecular formula is C22H26ClF2N5O4S. The van der Waals surface area contributed by atoms with Gasteiger partial charge in [0.1, 0.15) is 16.9 Å². The minimum absolute atomic E-state index is 0.0618. The SMILES string of the molecule is COCc1ccc(Nc2cc(Cl)nc3c2nc(C(F)F)n3C2CCCCO2)c(N(C)S(C)(=O)=O)c1. The van der Waals surface area contributed by atoms with E-state index in [2.05, 4.69) is 15.3 Å². The van der Waals surface area contributed by atoms with Gasteiger partial charge in [0.25, 0.3) is 6.43 Å². The van der Waals surface area contributed by atoms with Crippen LogP contribution in [0.15, 0.2) is 24.3 Å². The van der Waals surface area contributed by atoms with Gasteiger partial charge in [-0.05, 0) is 37.0 Å². The van der Waals surface area contributed by atoms with E-state index in [0.717, 1.165) is 29.0 Å². The molecule has 3 heterocycles. The number of hydrogen-bond acceptors (Lipinski definition) is 7. The van der Waals surface area contributed by atoms with Gasteiger partial charge in [-0.15, -0.1) is 0 Å². The molecule has 1 N–H and O–H groups in total. The molecule has 1 saturated heterocycles. The maximum absolute atomic E-state index is 14.0. The minimum Gasteiger partial charge on any atom is -0.380 e. The van der Waals surface area contributed by atoms with Crippen LogP contribution in [0.4, 0.5) is 25.8 Å². The molecule has 0 amide bonds. The van der Waals surface area contributed by atoms with Gasteiger partial charge in [-0.25, -0.2) is 27.2 Å². The summed E-state index contributed by atoms with van der Waals surface area (Å²) >= 11 is 6.29. The number of halogens is 3. The van der Waals surface area contributed by atoms with Crippen LogP contribution in [0.5, 0.6) is 0 Å². The highest BCUT2D eigenvalue weighted by Gasteiger charge is 2.29. The number of fused-ring (bicyclic) bond motifs is 1. The van der Waals surface area contributed by atoms with Crippen LogP contribution in [0.2, 0.25) is 5.15 Å². The van der Waals surface area contributed by atoms with E-state index >= 15 is 0 Å². The van der Waals surface area contributed by atoms with E-state index in [-0.39, 0.29) is 22.9 Å². The molecule has 3 aromatic rings. The quantitative estimate of drug-likeness (QED) is 0.410. The number of nitrogens with one attached hydrogen (secondary N) is 1. The van der Waals surface area contributed by atoms with Crippen molar-refractivity contribution in [3.8, 4) is 0 Å². The lowest BCUT2D eigenvalue weighted by molar-refractivity contribution is -0.0363. The molecule has 0 saturated carbocycles. The molecule has 35 heavy (non-hydrogen) atoms. The van der Waals surface area contributed by atoms with Crippen LogP contribution in [0.3, 0.4) is 0 Å². The average Bonchev–Trinajstić information content (AvgIpc) is 3.19. The van der Waals surface area contributed by atoms with Crippen molar-refractivity contribution in [1.82, 2.24) is 14.5 Å². The number of anilines is 3. The van der Waals surface area contributed by atoms with Crippen LogP contribution in [-0.4, -0.2) is 50.0 Å². The Bertz CT molecular complexity index is 1330. The molecule has 2 aromatic heterocycles. The predicted octanol–water partition coefficient (Wildman–Crippen LogP) is 5.01. The van der Waals surface area contributed by atoms with Gasteiger partial charge in [0.05, 0.1) is 29.9 Å². The van der Waals surface area contributed by atoms with E-state index < -0.39 is 28.5 Å². The molecule has 0 bridgehead atoms. The standard InChI is InChI=1S/C22H26ClF2N5O4S/c1-29(35(3,31)32)16-10-13(12-33-2)7-8-14(16)26-15-11-17(23)27-21-19(15)28-22(20(24)25)30(21)18-6-4-5-9-34-18/h7-8,10-11,18,20H,4-6,9,12H2,1-3H3,(H,26,27). The summed E-state index contributed by atoms with van der Waals surface area (Å²) < 4.78 is 65.9. The van der Waals surface area contributed by atoms with Gasteiger partial charge >= 0.3 is 0 Å². The molecule has 0 radical (unpaired) electrons. The number of alkyl halides is 2. The summed E-state index contributed by atoms with van der Waals surface area (Å²) in [4.78, 5) is 8.47. The van der Waals surface area contributed by atoms with Crippen molar-refractivity contribution in [3.63, 3.8) is 0 Å². The lowest BCUT2D eigenvalue weighted by Gasteiger charge is -2.25. The number of ether oxygens (including phenoxy) is 2. The van der Waals surface area contributed by atoms with Crippen LogP contribution < -0.4 is 9.62 Å². The number of hydrogen-bond donors (Lipinski definition) is 1. The van der Waals surface area contributed by atoms with Gasteiger partial charge in [-0.3, -0.25) is 8.87 Å². The Labute approximate surface area is 207 Å². The fourth-order valence-electron chi connectivity index (χ4n) is 4.03. The van der Waals surface area contributed by atoms with Crippen molar-refractivity contribution in [1.29, 1.82) is 0 Å². The van der Waals surface area contributed by atoms with Gasteiger partial charge < -0.3 is 14.8 Å². The molecule has 9 nitrogen and oxygen atoms in total. The number of methoxy groups -OCH3 is 1. The number of benzene rings is 1. The van der Waals surface area contributed by atoms with Gasteiger partial charge in [0.2, 0.25) is 10.0 Å². The summed E-state index contributed by atoms with van der Waals surface area (Å²) in [7, 11) is -0.644. The smallest absolute Gasteiger partial charge is 0.295 e. The number of sulfonamides is 1. The molecule has 1 atom stereocenters. The van der Waals surface area contributed by atoms with Crippen molar-refractivity contribution in [2.75, 3.05) is 36.6 Å². The number of rotatable bonds is 8. The van der Waals surface area contributed by atoms with E-state index in [0.29, 0.717) is 30.1 Å². The molecule has 1 aromatic carbocycles. The highest BCUT2D eigenvalue weighted by Crippen LogP contribution is 2.38. The first kappa shape index (κ1) is 25.5. The molecule has 0 aliphatic carbocycles. The number of pyridine rings is 1. The zero-order chi connectivity index (χ0) is 25.3. The second kappa shape index (κ2) is 10.2. The summed E-state index contributed by atoms with van der Waals surface area (Å²) in [5.41, 5.74) is 2.14. The summed E-state index contributed by atoms with van der Waals surface area (Å²) in [6.45, 7) is 0.730. The molecule has 1 unspecified atom stereocenters. The second-order valence-corrected chi connectivity index (χ2v) is 10.7. The van der Waals surface area contributed by atoms with Crippen LogP contribution >= 0.6 is 11.6 Å². The zero-order valence-electron chi connectivity index (χ0n) is 19.5. The lowest BCUT2D eigenvalue weighted by atomic mass is 10.1. The lowest BCUT2D eigenvalue weighted by Crippen LogP contribution is -2.25. The molecule has 1 fully saturated rings. The molecule has 13 heteroatoms. The molecular weight excluding hydrogens is 504 g/mol. The number of imidazole rings is 1. The second-order valence-electron chi connectivity index (χ2n) is 8.27. The zero-order valence-corrected chi connectivity index (χ0v) is 21.0. The first-order chi connectivity index (χ1) is 16.6. The number of nitrogens with zero attached hydrogens (tertiary/aromatic N) is 4. The van der Waals surface area contributed by atoms with E-state index in [1.807, 2.05) is 0 Å². The predicted molar refractivity (Wildman–Crippen MR) is 130 cm³/mol. The van der Waals surface area contributed by atoms with Crippen LogP contribution in [0, 0.1) is 0 Å². The topological polar surface area (TPSA) is 98.6 Å². The molecule has 4 rings (SSSR count). The Hall–Kier alpha value is -2.54. The first-order valence-electron chi connectivity index (χ1n) is 10.9. The summed E-state index contributed by atoms with van der Waals surface area (Å²) in [6.07, 6.45) is -0.176. The Morgan fingerprint density at radius 2 is 2.06 bits per heavy atom. The maximum atomic E-state index is 14.0. The normalized spacial score (nSPS) is 16.7. The fourth-order valence-corrected chi connectivity index (χ4v) is 4.73. The maximum Gasteiger partial charge on any atom is 0.295 e. The molecule has 0 spiro atoms. The van der Waals surface area contributed by atoms with Crippen LogP contribution in [0.25, 0.3) is 11.2 Å². The fraction of sp³-hybridized carbons (Fsp3) is 0.455. The van der Waals surface area contributed by atoms with E-state index in [4.69, 9.17) is 21.1 Å². The highest BCUT2D eigenvalue weighted by molar-refractivity contribution is 7.92. The third-order valence-electron chi connectivity index (χ3n) is 5.76. The van der Waals surface area contributed by atoms with E-state index in [1.54, 1.807) is 18.2 Å². The summed E-state index contributed by atoms with van der Waals surface area (Å²) in [5.74, 6) is -0.464. The monoisotopic (exact) mass is 529 g/mol. The Morgan fingerprint density at radius 1 is 1.29 bits per heavy atom. The Kier molecular flexibility index (Phi) is 7.46.